The lowest BCUT2D eigenvalue weighted by atomic mass is 10.2. The average molecular weight is 402 g/mol. The normalized spacial score (nSPS) is 11.0. The van der Waals surface area contributed by atoms with Gasteiger partial charge in [-0.05, 0) is 35.7 Å². The zero-order valence-corrected chi connectivity index (χ0v) is 15.3. The molecule has 3 aromatic heterocycles. The highest BCUT2D eigenvalue weighted by Crippen LogP contribution is 2.27. The van der Waals surface area contributed by atoms with Crippen LogP contribution in [-0.4, -0.2) is 31.8 Å². The third-order valence-electron chi connectivity index (χ3n) is 3.48. The molecule has 0 saturated heterocycles. The molecule has 0 N–H and O–H groups in total. The first kappa shape index (κ1) is 17.6. The lowest BCUT2D eigenvalue weighted by molar-refractivity contribution is -0.142. The number of halogens is 1. The molecule has 0 unspecified atom stereocenters. The van der Waals surface area contributed by atoms with E-state index in [1.54, 1.807) is 12.1 Å². The summed E-state index contributed by atoms with van der Waals surface area (Å²) in [4.78, 5) is 25.3. The zero-order chi connectivity index (χ0) is 18.6. The lowest BCUT2D eigenvalue weighted by Gasteiger charge is -2.02. The molecule has 0 radical (unpaired) electrons. The summed E-state index contributed by atoms with van der Waals surface area (Å²) in [5, 5.41) is 7.37. The number of aromatic nitrogens is 4. The summed E-state index contributed by atoms with van der Waals surface area (Å²) >= 11 is 2.80. The highest BCUT2D eigenvalue weighted by Gasteiger charge is 2.13. The molecule has 7 nitrogen and oxygen atoms in total. The van der Waals surface area contributed by atoms with Gasteiger partial charge in [0.2, 0.25) is 5.82 Å². The van der Waals surface area contributed by atoms with E-state index in [1.165, 1.54) is 41.6 Å². The molecule has 0 bridgehead atoms. The van der Waals surface area contributed by atoms with Gasteiger partial charge in [-0.2, -0.15) is 4.98 Å². The molecule has 0 spiro atoms. The van der Waals surface area contributed by atoms with Crippen LogP contribution in [0.3, 0.4) is 0 Å². The minimum absolute atomic E-state index is 0.0981. The van der Waals surface area contributed by atoms with Gasteiger partial charge in [-0.25, -0.2) is 14.4 Å². The lowest BCUT2D eigenvalue weighted by Crippen LogP contribution is -2.07. The van der Waals surface area contributed by atoms with Gasteiger partial charge in [0.05, 0.1) is 5.75 Å². The minimum Gasteiger partial charge on any atom is -0.455 e. The van der Waals surface area contributed by atoms with Crippen LogP contribution in [0.15, 0.2) is 51.6 Å². The SMILES string of the molecule is O=C(CSc1ncnc2sccc12)OCc1nc(-c2ccc(F)cc2)no1. The van der Waals surface area contributed by atoms with E-state index >= 15 is 0 Å². The maximum Gasteiger partial charge on any atom is 0.316 e. The van der Waals surface area contributed by atoms with Gasteiger partial charge >= 0.3 is 5.97 Å². The molecule has 0 fully saturated rings. The second-order valence-electron chi connectivity index (χ2n) is 5.29. The summed E-state index contributed by atoms with van der Waals surface area (Å²) in [6.45, 7) is -0.134. The second-order valence-corrected chi connectivity index (χ2v) is 7.14. The highest BCUT2D eigenvalue weighted by molar-refractivity contribution is 8.00. The third-order valence-corrected chi connectivity index (χ3v) is 5.28. The topological polar surface area (TPSA) is 91.0 Å². The van der Waals surface area contributed by atoms with Crippen molar-refractivity contribution < 1.29 is 18.4 Å². The molecule has 136 valence electrons. The first-order chi connectivity index (χ1) is 13.2. The molecule has 4 aromatic rings. The standard InChI is InChI=1S/C17H11FN4O3S2/c18-11-3-1-10(2-4-11)15-21-13(25-22-15)7-24-14(23)8-27-17-12-5-6-26-16(12)19-9-20-17/h1-6,9H,7-8H2. The monoisotopic (exact) mass is 402 g/mol. The number of thioether (sulfide) groups is 1. The van der Waals surface area contributed by atoms with Crippen LogP contribution >= 0.6 is 23.1 Å². The third kappa shape index (κ3) is 4.12. The highest BCUT2D eigenvalue weighted by atomic mass is 32.2. The Morgan fingerprint density at radius 2 is 2.07 bits per heavy atom. The van der Waals surface area contributed by atoms with Crippen molar-refractivity contribution in [2.24, 2.45) is 0 Å². The van der Waals surface area contributed by atoms with Gasteiger partial charge in [-0.3, -0.25) is 4.79 Å². The number of fused-ring (bicyclic) bond motifs is 1. The molecule has 3 heterocycles. The fraction of sp³-hybridized carbons (Fsp3) is 0.118. The summed E-state index contributed by atoms with van der Waals surface area (Å²) in [5.74, 6) is -0.215. The van der Waals surface area contributed by atoms with Crippen molar-refractivity contribution in [3.8, 4) is 11.4 Å². The summed E-state index contributed by atoms with van der Waals surface area (Å²) in [5.41, 5.74) is 0.608. The maximum absolute atomic E-state index is 12.9. The Kier molecular flexibility index (Phi) is 5.07. The Balaban J connectivity index is 1.32. The Labute approximate surface area is 160 Å². The van der Waals surface area contributed by atoms with E-state index in [9.17, 15) is 9.18 Å². The predicted octanol–water partition coefficient (Wildman–Crippen LogP) is 3.72. The van der Waals surface area contributed by atoms with E-state index < -0.39 is 5.97 Å². The Hall–Kier alpha value is -2.85. The maximum atomic E-state index is 12.9. The van der Waals surface area contributed by atoms with Crippen LogP contribution in [0.1, 0.15) is 5.89 Å². The van der Waals surface area contributed by atoms with Gasteiger partial charge in [0.1, 0.15) is 22.0 Å². The van der Waals surface area contributed by atoms with E-state index in [2.05, 4.69) is 20.1 Å². The van der Waals surface area contributed by atoms with Crippen LogP contribution in [-0.2, 0) is 16.1 Å². The number of nitrogens with zero attached hydrogens (tertiary/aromatic N) is 4. The first-order valence-electron chi connectivity index (χ1n) is 7.74. The predicted molar refractivity (Wildman–Crippen MR) is 97.6 cm³/mol. The number of hydrogen-bond acceptors (Lipinski definition) is 9. The summed E-state index contributed by atoms with van der Waals surface area (Å²) < 4.78 is 23.2. The van der Waals surface area contributed by atoms with Crippen molar-refractivity contribution in [2.45, 2.75) is 11.6 Å². The molecular formula is C17H11FN4O3S2. The second kappa shape index (κ2) is 7.80. The minimum atomic E-state index is -0.427. The molecule has 4 rings (SSSR count). The summed E-state index contributed by atoms with van der Waals surface area (Å²) in [7, 11) is 0. The van der Waals surface area contributed by atoms with Crippen molar-refractivity contribution in [1.29, 1.82) is 0 Å². The number of carbonyl (C=O) groups excluding carboxylic acids is 1. The van der Waals surface area contributed by atoms with Gasteiger partial charge in [-0.15, -0.1) is 11.3 Å². The van der Waals surface area contributed by atoms with E-state index in [0.717, 1.165) is 15.2 Å². The van der Waals surface area contributed by atoms with Crippen LogP contribution < -0.4 is 0 Å². The largest absolute Gasteiger partial charge is 0.455 e. The number of esters is 1. The molecule has 1 aromatic carbocycles. The van der Waals surface area contributed by atoms with Crippen molar-refractivity contribution in [3.05, 3.63) is 53.7 Å². The molecule has 0 saturated carbocycles. The number of ether oxygens (including phenoxy) is 1. The quantitative estimate of drug-likeness (QED) is 0.274. The number of hydrogen-bond donors (Lipinski definition) is 0. The summed E-state index contributed by atoms with van der Waals surface area (Å²) in [6, 6.07) is 7.61. The Morgan fingerprint density at radius 3 is 2.93 bits per heavy atom. The number of benzene rings is 1. The van der Waals surface area contributed by atoms with Crippen molar-refractivity contribution >= 4 is 39.3 Å². The molecule has 0 amide bonds. The van der Waals surface area contributed by atoms with Gasteiger partial charge in [-0.1, -0.05) is 16.9 Å². The van der Waals surface area contributed by atoms with Gasteiger partial charge in [0.15, 0.2) is 6.61 Å². The van der Waals surface area contributed by atoms with Crippen molar-refractivity contribution in [3.63, 3.8) is 0 Å². The van der Waals surface area contributed by atoms with Gasteiger partial charge < -0.3 is 9.26 Å². The molecule has 0 aliphatic rings. The molecule has 0 aliphatic carbocycles. The van der Waals surface area contributed by atoms with Crippen molar-refractivity contribution in [2.75, 3.05) is 5.75 Å². The molecule has 0 aliphatic heterocycles. The average Bonchev–Trinajstić information content (AvgIpc) is 3.35. The van der Waals surface area contributed by atoms with E-state index in [4.69, 9.17) is 9.26 Å². The van der Waals surface area contributed by atoms with Crippen molar-refractivity contribution in [1.82, 2.24) is 20.1 Å². The first-order valence-corrected chi connectivity index (χ1v) is 9.61. The van der Waals surface area contributed by atoms with Gasteiger partial charge in [0.25, 0.3) is 5.89 Å². The number of carbonyl (C=O) groups is 1. The molecule has 10 heteroatoms. The van der Waals surface area contributed by atoms with E-state index in [0.29, 0.717) is 11.4 Å². The Morgan fingerprint density at radius 1 is 1.22 bits per heavy atom. The molecular weight excluding hydrogens is 391 g/mol. The van der Waals surface area contributed by atoms with Crippen LogP contribution in [0.25, 0.3) is 21.6 Å². The van der Waals surface area contributed by atoms with Crippen LogP contribution in [0.2, 0.25) is 0 Å². The number of rotatable bonds is 6. The smallest absolute Gasteiger partial charge is 0.316 e. The van der Waals surface area contributed by atoms with Crippen LogP contribution in [0, 0.1) is 5.82 Å². The Bertz CT molecular complexity index is 1080. The van der Waals surface area contributed by atoms with Crippen LogP contribution in [0.4, 0.5) is 4.39 Å². The van der Waals surface area contributed by atoms with Gasteiger partial charge in [0, 0.05) is 10.9 Å². The zero-order valence-electron chi connectivity index (χ0n) is 13.7. The fourth-order valence-corrected chi connectivity index (χ4v) is 3.80. The summed E-state index contributed by atoms with van der Waals surface area (Å²) in [6.07, 6.45) is 1.47. The fourth-order valence-electron chi connectivity index (χ4n) is 2.22. The number of thiophene rings is 1. The molecule has 27 heavy (non-hydrogen) atoms. The van der Waals surface area contributed by atoms with E-state index in [-0.39, 0.29) is 24.1 Å². The van der Waals surface area contributed by atoms with E-state index in [1.807, 2.05) is 11.4 Å². The van der Waals surface area contributed by atoms with Crippen LogP contribution in [0.5, 0.6) is 0 Å². The molecule has 0 atom stereocenters.